The lowest BCUT2D eigenvalue weighted by Gasteiger charge is -2.14. The van der Waals surface area contributed by atoms with Crippen molar-refractivity contribution in [2.75, 3.05) is 12.3 Å². The number of benzene rings is 1. The van der Waals surface area contributed by atoms with Crippen molar-refractivity contribution in [1.29, 1.82) is 0 Å². The van der Waals surface area contributed by atoms with Gasteiger partial charge < -0.3 is 5.73 Å². The van der Waals surface area contributed by atoms with E-state index in [1.807, 2.05) is 6.92 Å². The molecule has 0 radical (unpaired) electrons. The standard InChI is InChI=1S/C12H17FN2O2S/c1-2-12(5-6-12)8-15-18(16,17)11-7-9(14)3-4-10(11)13/h3-4,7,15H,2,5-6,8,14H2,1H3. The molecule has 0 spiro atoms. The van der Waals surface area contributed by atoms with Crippen LogP contribution in [0.1, 0.15) is 26.2 Å². The van der Waals surface area contributed by atoms with E-state index in [9.17, 15) is 12.8 Å². The Morgan fingerprint density at radius 1 is 1.44 bits per heavy atom. The van der Waals surface area contributed by atoms with Crippen molar-refractivity contribution in [3.05, 3.63) is 24.0 Å². The molecule has 6 heteroatoms. The number of nitrogens with one attached hydrogen (secondary N) is 1. The molecule has 1 aromatic carbocycles. The molecule has 3 N–H and O–H groups in total. The molecular formula is C12H17FN2O2S. The highest BCUT2D eigenvalue weighted by Crippen LogP contribution is 2.48. The van der Waals surface area contributed by atoms with E-state index in [1.165, 1.54) is 6.07 Å². The maximum Gasteiger partial charge on any atom is 0.243 e. The minimum Gasteiger partial charge on any atom is -0.399 e. The van der Waals surface area contributed by atoms with Gasteiger partial charge in [-0.05, 0) is 42.9 Å². The van der Waals surface area contributed by atoms with Crippen LogP contribution in [0.4, 0.5) is 10.1 Å². The summed E-state index contributed by atoms with van der Waals surface area (Å²) >= 11 is 0. The number of nitrogens with two attached hydrogens (primary N) is 1. The molecule has 0 atom stereocenters. The molecule has 0 amide bonds. The van der Waals surface area contributed by atoms with E-state index < -0.39 is 15.8 Å². The Balaban J connectivity index is 2.18. The molecule has 1 aliphatic rings. The van der Waals surface area contributed by atoms with Gasteiger partial charge in [0.1, 0.15) is 10.7 Å². The molecule has 0 unspecified atom stereocenters. The number of anilines is 1. The first-order chi connectivity index (χ1) is 8.38. The summed E-state index contributed by atoms with van der Waals surface area (Å²) in [6.07, 6.45) is 2.96. The first kappa shape index (κ1) is 13.3. The number of halogens is 1. The summed E-state index contributed by atoms with van der Waals surface area (Å²) in [5.41, 5.74) is 5.79. The van der Waals surface area contributed by atoms with E-state index in [-0.39, 0.29) is 16.0 Å². The number of hydrogen-bond donors (Lipinski definition) is 2. The topological polar surface area (TPSA) is 72.2 Å². The molecule has 0 aliphatic heterocycles. The molecule has 0 saturated heterocycles. The molecule has 18 heavy (non-hydrogen) atoms. The SMILES string of the molecule is CCC1(CNS(=O)(=O)c2cc(N)ccc2F)CC1. The van der Waals surface area contributed by atoms with Crippen molar-refractivity contribution in [3.63, 3.8) is 0 Å². The van der Waals surface area contributed by atoms with Gasteiger partial charge in [0.15, 0.2) is 0 Å². The summed E-state index contributed by atoms with van der Waals surface area (Å²) in [5.74, 6) is -0.780. The van der Waals surface area contributed by atoms with Gasteiger partial charge in [-0.15, -0.1) is 0 Å². The van der Waals surface area contributed by atoms with Crippen molar-refractivity contribution in [3.8, 4) is 0 Å². The second kappa shape index (κ2) is 4.51. The minimum absolute atomic E-state index is 0.0733. The van der Waals surface area contributed by atoms with Gasteiger partial charge in [-0.1, -0.05) is 6.92 Å². The zero-order valence-corrected chi connectivity index (χ0v) is 11.1. The second-order valence-corrected chi connectivity index (χ2v) is 6.60. The first-order valence-corrected chi connectivity index (χ1v) is 7.42. The van der Waals surface area contributed by atoms with Crippen LogP contribution in [0.15, 0.2) is 23.1 Å². The molecule has 0 aromatic heterocycles. The van der Waals surface area contributed by atoms with Crippen LogP contribution in [0.2, 0.25) is 0 Å². The highest BCUT2D eigenvalue weighted by atomic mass is 32.2. The third-order valence-electron chi connectivity index (χ3n) is 3.59. The van der Waals surface area contributed by atoms with Crippen molar-refractivity contribution >= 4 is 15.7 Å². The van der Waals surface area contributed by atoms with Crippen LogP contribution in [0, 0.1) is 11.2 Å². The molecule has 2 rings (SSSR count). The lowest BCUT2D eigenvalue weighted by molar-refractivity contribution is 0.473. The average Bonchev–Trinajstić information content (AvgIpc) is 3.11. The van der Waals surface area contributed by atoms with E-state index in [4.69, 9.17) is 5.73 Å². The number of nitrogen functional groups attached to an aromatic ring is 1. The predicted octanol–water partition coefficient (Wildman–Crippen LogP) is 1.88. The van der Waals surface area contributed by atoms with Gasteiger partial charge in [-0.25, -0.2) is 17.5 Å². The largest absolute Gasteiger partial charge is 0.399 e. The number of sulfonamides is 1. The molecule has 1 saturated carbocycles. The summed E-state index contributed by atoms with van der Waals surface area (Å²) in [6.45, 7) is 2.39. The fourth-order valence-corrected chi connectivity index (χ4v) is 3.15. The van der Waals surface area contributed by atoms with Gasteiger partial charge in [0.25, 0.3) is 0 Å². The monoisotopic (exact) mass is 272 g/mol. The van der Waals surface area contributed by atoms with Gasteiger partial charge in [0, 0.05) is 12.2 Å². The summed E-state index contributed by atoms with van der Waals surface area (Å²) in [7, 11) is -3.82. The van der Waals surface area contributed by atoms with Crippen molar-refractivity contribution in [2.45, 2.75) is 31.1 Å². The zero-order chi connectivity index (χ0) is 13.4. The molecule has 1 aromatic rings. The zero-order valence-electron chi connectivity index (χ0n) is 10.2. The van der Waals surface area contributed by atoms with Crippen LogP contribution in [0.3, 0.4) is 0 Å². The van der Waals surface area contributed by atoms with Crippen molar-refractivity contribution in [2.24, 2.45) is 5.41 Å². The van der Waals surface area contributed by atoms with E-state index in [1.54, 1.807) is 0 Å². The number of rotatable bonds is 5. The molecule has 0 heterocycles. The second-order valence-electron chi connectivity index (χ2n) is 4.87. The highest BCUT2D eigenvalue weighted by molar-refractivity contribution is 7.89. The lowest BCUT2D eigenvalue weighted by atomic mass is 10.1. The molecular weight excluding hydrogens is 255 g/mol. The normalized spacial score (nSPS) is 17.7. The smallest absolute Gasteiger partial charge is 0.243 e. The van der Waals surface area contributed by atoms with Crippen molar-refractivity contribution in [1.82, 2.24) is 4.72 Å². The van der Waals surface area contributed by atoms with Crippen LogP contribution in [0.5, 0.6) is 0 Å². The van der Waals surface area contributed by atoms with Gasteiger partial charge in [-0.2, -0.15) is 0 Å². The Morgan fingerprint density at radius 2 is 2.11 bits per heavy atom. The van der Waals surface area contributed by atoms with Crippen molar-refractivity contribution < 1.29 is 12.8 Å². The van der Waals surface area contributed by atoms with Crippen LogP contribution in [-0.2, 0) is 10.0 Å². The lowest BCUT2D eigenvalue weighted by Crippen LogP contribution is -2.30. The maximum atomic E-state index is 13.5. The van der Waals surface area contributed by atoms with Crippen LogP contribution >= 0.6 is 0 Å². The average molecular weight is 272 g/mol. The van der Waals surface area contributed by atoms with E-state index in [0.717, 1.165) is 31.4 Å². The van der Waals surface area contributed by atoms with E-state index in [0.29, 0.717) is 6.54 Å². The molecule has 1 fully saturated rings. The minimum atomic E-state index is -3.82. The maximum absolute atomic E-state index is 13.5. The van der Waals surface area contributed by atoms with E-state index >= 15 is 0 Å². The van der Waals surface area contributed by atoms with Crippen LogP contribution < -0.4 is 10.5 Å². The summed E-state index contributed by atoms with van der Waals surface area (Å²) in [5, 5.41) is 0. The quantitative estimate of drug-likeness (QED) is 0.804. The fraction of sp³-hybridized carbons (Fsp3) is 0.500. The molecule has 100 valence electrons. The Labute approximate surface area is 106 Å². The Kier molecular flexibility index (Phi) is 3.33. The highest BCUT2D eigenvalue weighted by Gasteiger charge is 2.41. The van der Waals surface area contributed by atoms with Gasteiger partial charge in [-0.3, -0.25) is 0 Å². The van der Waals surface area contributed by atoms with Crippen LogP contribution in [-0.4, -0.2) is 15.0 Å². The van der Waals surface area contributed by atoms with Crippen LogP contribution in [0.25, 0.3) is 0 Å². The molecule has 0 bridgehead atoms. The summed E-state index contributed by atoms with van der Waals surface area (Å²) in [4.78, 5) is -0.380. The Bertz CT molecular complexity index is 553. The number of hydrogen-bond acceptors (Lipinski definition) is 3. The fourth-order valence-electron chi connectivity index (χ4n) is 1.88. The van der Waals surface area contributed by atoms with Gasteiger partial charge in [0.2, 0.25) is 10.0 Å². The van der Waals surface area contributed by atoms with E-state index in [2.05, 4.69) is 4.72 Å². The molecule has 4 nitrogen and oxygen atoms in total. The third kappa shape index (κ3) is 2.64. The third-order valence-corrected chi connectivity index (χ3v) is 5.01. The Morgan fingerprint density at radius 3 is 2.67 bits per heavy atom. The molecule has 1 aliphatic carbocycles. The van der Waals surface area contributed by atoms with Gasteiger partial charge >= 0.3 is 0 Å². The predicted molar refractivity (Wildman–Crippen MR) is 68.0 cm³/mol. The Hall–Kier alpha value is -1.14. The van der Waals surface area contributed by atoms with Gasteiger partial charge in [0.05, 0.1) is 0 Å². The first-order valence-electron chi connectivity index (χ1n) is 5.93. The summed E-state index contributed by atoms with van der Waals surface area (Å²) < 4.78 is 40.0. The summed E-state index contributed by atoms with van der Waals surface area (Å²) in [6, 6.07) is 3.54.